The van der Waals surface area contributed by atoms with E-state index in [1.165, 1.54) is 11.1 Å². The van der Waals surface area contributed by atoms with E-state index in [2.05, 4.69) is 38.1 Å². The topological polar surface area (TPSA) is 17.1 Å². The molecule has 0 heterocycles. The van der Waals surface area contributed by atoms with Crippen LogP contribution in [0.3, 0.4) is 0 Å². The van der Waals surface area contributed by atoms with Gasteiger partial charge in [0.15, 0.2) is 5.78 Å². The van der Waals surface area contributed by atoms with E-state index in [9.17, 15) is 4.79 Å². The second-order valence-corrected chi connectivity index (χ2v) is 5.70. The zero-order chi connectivity index (χ0) is 14.4. The Morgan fingerprint density at radius 2 is 1.55 bits per heavy atom. The van der Waals surface area contributed by atoms with Gasteiger partial charge in [-0.1, -0.05) is 68.4 Å². The minimum absolute atomic E-state index is 0.227. The Morgan fingerprint density at radius 1 is 0.900 bits per heavy atom. The zero-order valence-electron chi connectivity index (χ0n) is 12.3. The molecular weight excluding hydrogens is 244 g/mol. The third-order valence-electron chi connectivity index (χ3n) is 3.40. The maximum Gasteiger partial charge on any atom is 0.163 e. The minimum Gasteiger partial charge on any atom is -0.294 e. The molecule has 1 nitrogen and oxygen atoms in total. The number of ketones is 1. The van der Waals surface area contributed by atoms with Gasteiger partial charge >= 0.3 is 0 Å². The summed E-state index contributed by atoms with van der Waals surface area (Å²) >= 11 is 0. The predicted molar refractivity (Wildman–Crippen MR) is 84.1 cm³/mol. The van der Waals surface area contributed by atoms with Crippen LogP contribution in [0.1, 0.15) is 41.8 Å². The summed E-state index contributed by atoms with van der Waals surface area (Å²) in [7, 11) is 0. The van der Waals surface area contributed by atoms with E-state index >= 15 is 0 Å². The number of carbonyl (C=O) groups excluding carboxylic acids is 1. The lowest BCUT2D eigenvalue weighted by Crippen LogP contribution is -2.02. The molecule has 2 aromatic rings. The fourth-order valence-corrected chi connectivity index (χ4v) is 2.35. The van der Waals surface area contributed by atoms with Gasteiger partial charge in [-0.05, 0) is 29.9 Å². The molecule has 0 aliphatic heterocycles. The van der Waals surface area contributed by atoms with Crippen LogP contribution in [0.15, 0.2) is 54.6 Å². The Morgan fingerprint density at radius 3 is 2.15 bits per heavy atom. The molecule has 0 bridgehead atoms. The van der Waals surface area contributed by atoms with E-state index in [-0.39, 0.29) is 5.78 Å². The molecule has 2 aromatic carbocycles. The van der Waals surface area contributed by atoms with Gasteiger partial charge in [-0.25, -0.2) is 0 Å². The normalized spacial score (nSPS) is 10.8. The summed E-state index contributed by atoms with van der Waals surface area (Å²) in [6, 6.07) is 18.2. The van der Waals surface area contributed by atoms with Gasteiger partial charge in [0.05, 0.1) is 0 Å². The summed E-state index contributed by atoms with van der Waals surface area (Å²) in [4.78, 5) is 12.2. The number of rotatable bonds is 6. The monoisotopic (exact) mass is 266 g/mol. The van der Waals surface area contributed by atoms with Gasteiger partial charge < -0.3 is 0 Å². The molecule has 0 radical (unpaired) electrons. The molecule has 20 heavy (non-hydrogen) atoms. The first kappa shape index (κ1) is 14.5. The molecule has 0 saturated heterocycles. The molecule has 1 heteroatoms. The van der Waals surface area contributed by atoms with Crippen LogP contribution in [0.5, 0.6) is 0 Å². The Bertz CT molecular complexity index is 538. The fraction of sp³-hybridized carbons (Fsp3) is 0.316. The molecule has 0 aliphatic rings. The highest BCUT2D eigenvalue weighted by Crippen LogP contribution is 2.12. The average molecular weight is 266 g/mol. The smallest absolute Gasteiger partial charge is 0.163 e. The summed E-state index contributed by atoms with van der Waals surface area (Å²) in [6.07, 6.45) is 2.46. The summed E-state index contributed by atoms with van der Waals surface area (Å²) in [5, 5.41) is 0. The van der Waals surface area contributed by atoms with E-state index < -0.39 is 0 Å². The Labute approximate surface area is 121 Å². The van der Waals surface area contributed by atoms with Crippen molar-refractivity contribution in [3.8, 4) is 0 Å². The standard InChI is InChI=1S/C19H22O/c1-15(2)14-17-8-11-18(12-9-17)19(20)13-10-16-6-4-3-5-7-16/h3-9,11-12,15H,10,13-14H2,1-2H3. The lowest BCUT2D eigenvalue weighted by Gasteiger charge is -2.06. The first-order valence-corrected chi connectivity index (χ1v) is 7.31. The maximum atomic E-state index is 12.2. The number of hydrogen-bond acceptors (Lipinski definition) is 1. The summed E-state index contributed by atoms with van der Waals surface area (Å²) in [5.41, 5.74) is 3.35. The van der Waals surface area contributed by atoms with Crippen LogP contribution < -0.4 is 0 Å². The van der Waals surface area contributed by atoms with Crippen LogP contribution in [-0.2, 0) is 12.8 Å². The average Bonchev–Trinajstić information content (AvgIpc) is 2.46. The van der Waals surface area contributed by atoms with Crippen LogP contribution in [0.4, 0.5) is 0 Å². The maximum absolute atomic E-state index is 12.2. The van der Waals surface area contributed by atoms with Crippen molar-refractivity contribution in [3.05, 3.63) is 71.3 Å². The van der Waals surface area contributed by atoms with Crippen molar-refractivity contribution in [3.63, 3.8) is 0 Å². The molecule has 0 N–H and O–H groups in total. The fourth-order valence-electron chi connectivity index (χ4n) is 2.35. The van der Waals surface area contributed by atoms with Crippen molar-refractivity contribution in [1.29, 1.82) is 0 Å². The summed E-state index contributed by atoms with van der Waals surface area (Å²) < 4.78 is 0. The van der Waals surface area contributed by atoms with Crippen LogP contribution >= 0.6 is 0 Å². The number of hydrogen-bond donors (Lipinski definition) is 0. The highest BCUT2D eigenvalue weighted by atomic mass is 16.1. The molecule has 0 fully saturated rings. The third kappa shape index (κ3) is 4.34. The van der Waals surface area contributed by atoms with Crippen LogP contribution in [-0.4, -0.2) is 5.78 Å². The second-order valence-electron chi connectivity index (χ2n) is 5.70. The van der Waals surface area contributed by atoms with E-state index in [0.29, 0.717) is 12.3 Å². The quantitative estimate of drug-likeness (QED) is 0.693. The Balaban J connectivity index is 1.92. The minimum atomic E-state index is 0.227. The summed E-state index contributed by atoms with van der Waals surface area (Å²) in [5.74, 6) is 0.875. The highest BCUT2D eigenvalue weighted by Gasteiger charge is 2.06. The lowest BCUT2D eigenvalue weighted by molar-refractivity contribution is 0.0983. The molecule has 0 amide bonds. The Hall–Kier alpha value is -1.89. The molecule has 0 aliphatic carbocycles. The van der Waals surface area contributed by atoms with Crippen molar-refractivity contribution in [1.82, 2.24) is 0 Å². The first-order chi connectivity index (χ1) is 9.65. The molecule has 104 valence electrons. The SMILES string of the molecule is CC(C)Cc1ccc(C(=O)CCc2ccccc2)cc1. The largest absolute Gasteiger partial charge is 0.294 e. The van der Waals surface area contributed by atoms with E-state index in [4.69, 9.17) is 0 Å². The van der Waals surface area contributed by atoms with Crippen LogP contribution in [0, 0.1) is 5.92 Å². The van der Waals surface area contributed by atoms with Gasteiger partial charge in [0.1, 0.15) is 0 Å². The number of benzene rings is 2. The van der Waals surface area contributed by atoms with Gasteiger partial charge in [-0.15, -0.1) is 0 Å². The Kier molecular flexibility index (Phi) is 5.11. The van der Waals surface area contributed by atoms with Crippen molar-refractivity contribution >= 4 is 5.78 Å². The molecular formula is C19H22O. The van der Waals surface area contributed by atoms with Gasteiger partial charge in [0.25, 0.3) is 0 Å². The van der Waals surface area contributed by atoms with Gasteiger partial charge in [0, 0.05) is 12.0 Å². The summed E-state index contributed by atoms with van der Waals surface area (Å²) in [6.45, 7) is 4.41. The van der Waals surface area contributed by atoms with Crippen molar-refractivity contribution < 1.29 is 4.79 Å². The van der Waals surface area contributed by atoms with Gasteiger partial charge in [-0.2, -0.15) is 0 Å². The molecule has 0 spiro atoms. The van der Waals surface area contributed by atoms with E-state index in [1.807, 2.05) is 30.3 Å². The predicted octanol–water partition coefficient (Wildman–Crippen LogP) is 4.70. The van der Waals surface area contributed by atoms with Crippen molar-refractivity contribution in [2.45, 2.75) is 33.1 Å². The van der Waals surface area contributed by atoms with Crippen molar-refractivity contribution in [2.75, 3.05) is 0 Å². The number of aryl methyl sites for hydroxylation is 1. The molecule has 0 aromatic heterocycles. The van der Waals surface area contributed by atoms with Crippen LogP contribution in [0.25, 0.3) is 0 Å². The highest BCUT2D eigenvalue weighted by molar-refractivity contribution is 5.96. The molecule has 0 atom stereocenters. The molecule has 0 unspecified atom stereocenters. The number of Topliss-reactive ketones (excluding diaryl/α,β-unsaturated/α-hetero) is 1. The number of carbonyl (C=O) groups is 1. The second kappa shape index (κ2) is 7.04. The molecule has 0 saturated carbocycles. The van der Waals surface area contributed by atoms with Crippen LogP contribution in [0.2, 0.25) is 0 Å². The van der Waals surface area contributed by atoms with Gasteiger partial charge in [0.2, 0.25) is 0 Å². The molecule has 2 rings (SSSR count). The van der Waals surface area contributed by atoms with E-state index in [1.54, 1.807) is 0 Å². The third-order valence-corrected chi connectivity index (χ3v) is 3.40. The zero-order valence-corrected chi connectivity index (χ0v) is 12.3. The van der Waals surface area contributed by atoms with Gasteiger partial charge in [-0.3, -0.25) is 4.79 Å². The lowest BCUT2D eigenvalue weighted by atomic mass is 9.98. The van der Waals surface area contributed by atoms with Crippen molar-refractivity contribution in [2.24, 2.45) is 5.92 Å². The first-order valence-electron chi connectivity index (χ1n) is 7.31. The van der Waals surface area contributed by atoms with E-state index in [0.717, 1.165) is 18.4 Å².